The highest BCUT2D eigenvalue weighted by molar-refractivity contribution is 5.73. The molecule has 0 radical (unpaired) electrons. The van der Waals surface area contributed by atoms with E-state index in [1.807, 2.05) is 0 Å². The molecule has 0 bridgehead atoms. The standard InChI is InChI=1S/C14H26O4/c1-6-14(4,5)11(9-12(15)17-7-2)10-13(16)18-8-3/h11H,6-10H2,1-5H3. The van der Waals surface area contributed by atoms with E-state index in [4.69, 9.17) is 9.47 Å². The fourth-order valence-corrected chi connectivity index (χ4v) is 1.76. The molecule has 106 valence electrons. The zero-order valence-corrected chi connectivity index (χ0v) is 12.2. The highest BCUT2D eigenvalue weighted by atomic mass is 16.5. The van der Waals surface area contributed by atoms with Gasteiger partial charge in [-0.05, 0) is 25.2 Å². The normalized spacial score (nSPS) is 11.4. The molecule has 0 heterocycles. The average Bonchev–Trinajstić information content (AvgIpc) is 2.28. The van der Waals surface area contributed by atoms with E-state index in [-0.39, 0.29) is 36.1 Å². The van der Waals surface area contributed by atoms with Crippen LogP contribution < -0.4 is 0 Å². The Labute approximate surface area is 110 Å². The van der Waals surface area contributed by atoms with E-state index in [2.05, 4.69) is 20.8 Å². The maximum atomic E-state index is 11.6. The number of rotatable bonds is 8. The van der Waals surface area contributed by atoms with E-state index < -0.39 is 0 Å². The fourth-order valence-electron chi connectivity index (χ4n) is 1.76. The summed E-state index contributed by atoms with van der Waals surface area (Å²) < 4.78 is 9.93. The SMILES string of the molecule is CCOC(=O)CC(CC(=O)OCC)C(C)(C)CC. The highest BCUT2D eigenvalue weighted by Crippen LogP contribution is 2.35. The Kier molecular flexibility index (Phi) is 7.64. The van der Waals surface area contributed by atoms with Crippen molar-refractivity contribution in [1.82, 2.24) is 0 Å². The monoisotopic (exact) mass is 258 g/mol. The van der Waals surface area contributed by atoms with Crippen LogP contribution in [0.15, 0.2) is 0 Å². The molecular weight excluding hydrogens is 232 g/mol. The quantitative estimate of drug-likeness (QED) is 0.628. The van der Waals surface area contributed by atoms with E-state index in [1.54, 1.807) is 13.8 Å². The Balaban J connectivity index is 4.62. The number of hydrogen-bond donors (Lipinski definition) is 0. The number of carbonyl (C=O) groups excluding carboxylic acids is 2. The van der Waals surface area contributed by atoms with Gasteiger partial charge in [-0.3, -0.25) is 9.59 Å². The summed E-state index contributed by atoms with van der Waals surface area (Å²) in [7, 11) is 0. The van der Waals surface area contributed by atoms with Crippen molar-refractivity contribution >= 4 is 11.9 Å². The smallest absolute Gasteiger partial charge is 0.306 e. The van der Waals surface area contributed by atoms with Gasteiger partial charge in [-0.25, -0.2) is 0 Å². The molecule has 0 aromatic heterocycles. The summed E-state index contributed by atoms with van der Waals surface area (Å²) in [5.41, 5.74) is -0.0838. The molecule has 0 fully saturated rings. The molecule has 0 aliphatic rings. The average molecular weight is 258 g/mol. The molecule has 0 spiro atoms. The van der Waals surface area contributed by atoms with Crippen LogP contribution in [-0.2, 0) is 19.1 Å². The first-order chi connectivity index (χ1) is 8.37. The van der Waals surface area contributed by atoms with Crippen molar-refractivity contribution in [3.63, 3.8) is 0 Å². The van der Waals surface area contributed by atoms with Crippen molar-refractivity contribution in [2.24, 2.45) is 11.3 Å². The molecule has 0 aliphatic carbocycles. The van der Waals surface area contributed by atoms with Crippen LogP contribution in [0, 0.1) is 11.3 Å². The number of hydrogen-bond acceptors (Lipinski definition) is 4. The van der Waals surface area contributed by atoms with E-state index in [9.17, 15) is 9.59 Å². The molecule has 0 amide bonds. The Morgan fingerprint density at radius 3 is 1.61 bits per heavy atom. The molecule has 0 unspecified atom stereocenters. The van der Waals surface area contributed by atoms with Gasteiger partial charge in [0.15, 0.2) is 0 Å². The van der Waals surface area contributed by atoms with Gasteiger partial charge >= 0.3 is 11.9 Å². The predicted molar refractivity (Wildman–Crippen MR) is 70.1 cm³/mol. The molecule has 0 rings (SSSR count). The number of ether oxygens (including phenoxy) is 2. The Bertz CT molecular complexity index is 251. The van der Waals surface area contributed by atoms with Crippen molar-refractivity contribution < 1.29 is 19.1 Å². The molecule has 0 saturated carbocycles. The van der Waals surface area contributed by atoms with Gasteiger partial charge in [0.1, 0.15) is 0 Å². The zero-order chi connectivity index (χ0) is 14.2. The second-order valence-electron chi connectivity index (χ2n) is 5.06. The van der Waals surface area contributed by atoms with Crippen molar-refractivity contribution in [3.8, 4) is 0 Å². The maximum absolute atomic E-state index is 11.6. The van der Waals surface area contributed by atoms with Gasteiger partial charge in [-0.2, -0.15) is 0 Å². The third-order valence-electron chi connectivity index (χ3n) is 3.45. The van der Waals surface area contributed by atoms with Crippen LogP contribution in [0.1, 0.15) is 53.9 Å². The molecule has 4 nitrogen and oxygen atoms in total. The Morgan fingerprint density at radius 2 is 1.33 bits per heavy atom. The van der Waals surface area contributed by atoms with Crippen LogP contribution in [0.25, 0.3) is 0 Å². The minimum absolute atomic E-state index is 0.0411. The minimum Gasteiger partial charge on any atom is -0.466 e. The topological polar surface area (TPSA) is 52.6 Å². The van der Waals surface area contributed by atoms with Crippen LogP contribution in [0.4, 0.5) is 0 Å². The summed E-state index contributed by atoms with van der Waals surface area (Å²) in [5, 5.41) is 0. The molecule has 0 aromatic carbocycles. The molecular formula is C14H26O4. The maximum Gasteiger partial charge on any atom is 0.306 e. The second kappa shape index (κ2) is 8.11. The first-order valence-electron chi connectivity index (χ1n) is 6.68. The summed E-state index contributed by atoms with van der Waals surface area (Å²) in [6.45, 7) is 10.5. The van der Waals surface area contributed by atoms with Gasteiger partial charge < -0.3 is 9.47 Å². The molecule has 0 saturated heterocycles. The van der Waals surface area contributed by atoms with Gasteiger partial charge in [-0.1, -0.05) is 27.2 Å². The van der Waals surface area contributed by atoms with E-state index in [0.29, 0.717) is 13.2 Å². The zero-order valence-electron chi connectivity index (χ0n) is 12.2. The lowest BCUT2D eigenvalue weighted by atomic mass is 9.73. The summed E-state index contributed by atoms with van der Waals surface area (Å²) in [6, 6.07) is 0. The van der Waals surface area contributed by atoms with Crippen LogP contribution in [0.5, 0.6) is 0 Å². The summed E-state index contributed by atoms with van der Waals surface area (Å²) in [4.78, 5) is 23.2. The summed E-state index contributed by atoms with van der Waals surface area (Å²) in [6.07, 6.45) is 1.44. The van der Waals surface area contributed by atoms with E-state index in [0.717, 1.165) is 6.42 Å². The summed E-state index contributed by atoms with van der Waals surface area (Å²) >= 11 is 0. The fraction of sp³-hybridized carbons (Fsp3) is 0.857. The van der Waals surface area contributed by atoms with Crippen molar-refractivity contribution in [2.45, 2.75) is 53.9 Å². The van der Waals surface area contributed by atoms with Crippen molar-refractivity contribution in [3.05, 3.63) is 0 Å². The first-order valence-corrected chi connectivity index (χ1v) is 6.68. The van der Waals surface area contributed by atoms with Gasteiger partial charge in [0.05, 0.1) is 13.2 Å². The number of carbonyl (C=O) groups is 2. The van der Waals surface area contributed by atoms with Crippen molar-refractivity contribution in [1.29, 1.82) is 0 Å². The minimum atomic E-state index is -0.242. The molecule has 18 heavy (non-hydrogen) atoms. The molecule has 0 N–H and O–H groups in total. The molecule has 0 aromatic rings. The van der Waals surface area contributed by atoms with Crippen LogP contribution in [0.2, 0.25) is 0 Å². The predicted octanol–water partition coefficient (Wildman–Crippen LogP) is 2.95. The van der Waals surface area contributed by atoms with Crippen LogP contribution >= 0.6 is 0 Å². The molecule has 0 atom stereocenters. The first kappa shape index (κ1) is 16.9. The lowest BCUT2D eigenvalue weighted by Crippen LogP contribution is -2.29. The van der Waals surface area contributed by atoms with E-state index >= 15 is 0 Å². The molecule has 4 heteroatoms. The lowest BCUT2D eigenvalue weighted by molar-refractivity contribution is -0.149. The van der Waals surface area contributed by atoms with Crippen LogP contribution in [-0.4, -0.2) is 25.2 Å². The second-order valence-corrected chi connectivity index (χ2v) is 5.06. The molecule has 0 aliphatic heterocycles. The Morgan fingerprint density at radius 1 is 0.944 bits per heavy atom. The van der Waals surface area contributed by atoms with Gasteiger partial charge in [0, 0.05) is 12.8 Å². The third kappa shape index (κ3) is 6.03. The van der Waals surface area contributed by atoms with Gasteiger partial charge in [0.2, 0.25) is 0 Å². The van der Waals surface area contributed by atoms with Gasteiger partial charge in [-0.15, -0.1) is 0 Å². The van der Waals surface area contributed by atoms with E-state index in [1.165, 1.54) is 0 Å². The largest absolute Gasteiger partial charge is 0.466 e. The highest BCUT2D eigenvalue weighted by Gasteiger charge is 2.32. The Hall–Kier alpha value is -1.06. The lowest BCUT2D eigenvalue weighted by Gasteiger charge is -2.32. The van der Waals surface area contributed by atoms with Crippen LogP contribution in [0.3, 0.4) is 0 Å². The third-order valence-corrected chi connectivity index (χ3v) is 3.45. The summed E-state index contributed by atoms with van der Waals surface area (Å²) in [5.74, 6) is -0.526. The van der Waals surface area contributed by atoms with Gasteiger partial charge in [0.25, 0.3) is 0 Å². The number of esters is 2. The van der Waals surface area contributed by atoms with Crippen molar-refractivity contribution in [2.75, 3.05) is 13.2 Å².